The van der Waals surface area contributed by atoms with Crippen LogP contribution in [0.4, 0.5) is 14.5 Å². The summed E-state index contributed by atoms with van der Waals surface area (Å²) in [5, 5.41) is 0. The number of sulfonamides is 1. The summed E-state index contributed by atoms with van der Waals surface area (Å²) in [4.78, 5) is 2.78. The van der Waals surface area contributed by atoms with Crippen molar-refractivity contribution < 1.29 is 17.2 Å². The SMILES string of the molecule is O=S(=O)(Nc1cccnc1Br)c1c(F)cccc1F. The fourth-order valence-electron chi connectivity index (χ4n) is 1.40. The van der Waals surface area contributed by atoms with E-state index in [0.29, 0.717) is 0 Å². The third-order valence-electron chi connectivity index (χ3n) is 2.19. The van der Waals surface area contributed by atoms with Crippen molar-refractivity contribution in [2.75, 3.05) is 4.72 Å². The average molecular weight is 349 g/mol. The molecule has 0 spiro atoms. The van der Waals surface area contributed by atoms with E-state index in [4.69, 9.17) is 0 Å². The fraction of sp³-hybridized carbons (Fsp3) is 0. The maximum atomic E-state index is 13.5. The smallest absolute Gasteiger partial charge is 0.267 e. The molecule has 2 aromatic rings. The number of benzene rings is 1. The van der Waals surface area contributed by atoms with Gasteiger partial charge in [0.15, 0.2) is 4.90 Å². The Hall–Kier alpha value is -1.54. The van der Waals surface area contributed by atoms with Crippen molar-refractivity contribution in [2.24, 2.45) is 0 Å². The van der Waals surface area contributed by atoms with E-state index in [9.17, 15) is 17.2 Å². The number of rotatable bonds is 3. The first-order valence-electron chi connectivity index (χ1n) is 4.99. The minimum absolute atomic E-state index is 0.0881. The molecule has 4 nitrogen and oxygen atoms in total. The van der Waals surface area contributed by atoms with Crippen LogP contribution in [-0.4, -0.2) is 13.4 Å². The summed E-state index contributed by atoms with van der Waals surface area (Å²) >= 11 is 3.03. The molecule has 8 heteroatoms. The Morgan fingerprint density at radius 2 is 1.74 bits per heavy atom. The van der Waals surface area contributed by atoms with Gasteiger partial charge in [-0.25, -0.2) is 22.2 Å². The zero-order chi connectivity index (χ0) is 14.0. The molecule has 0 saturated carbocycles. The van der Waals surface area contributed by atoms with Crippen molar-refractivity contribution in [3.8, 4) is 0 Å². The number of nitrogens with zero attached hydrogens (tertiary/aromatic N) is 1. The molecule has 0 aliphatic rings. The second-order valence-electron chi connectivity index (χ2n) is 3.50. The molecule has 19 heavy (non-hydrogen) atoms. The van der Waals surface area contributed by atoms with Gasteiger partial charge in [-0.05, 0) is 40.2 Å². The molecular weight excluding hydrogens is 342 g/mol. The van der Waals surface area contributed by atoms with Gasteiger partial charge in [0.05, 0.1) is 5.69 Å². The van der Waals surface area contributed by atoms with Crippen molar-refractivity contribution in [1.29, 1.82) is 0 Å². The maximum absolute atomic E-state index is 13.5. The summed E-state index contributed by atoms with van der Waals surface area (Å²) in [6.07, 6.45) is 1.44. The molecule has 1 heterocycles. The average Bonchev–Trinajstić information content (AvgIpc) is 2.31. The first-order valence-corrected chi connectivity index (χ1v) is 7.27. The van der Waals surface area contributed by atoms with Crippen LogP contribution in [0.2, 0.25) is 0 Å². The van der Waals surface area contributed by atoms with Crippen molar-refractivity contribution in [3.63, 3.8) is 0 Å². The summed E-state index contributed by atoms with van der Waals surface area (Å²) in [5.74, 6) is -2.32. The van der Waals surface area contributed by atoms with E-state index in [-0.39, 0.29) is 10.3 Å². The van der Waals surface area contributed by atoms with Gasteiger partial charge >= 0.3 is 0 Å². The highest BCUT2D eigenvalue weighted by Gasteiger charge is 2.24. The zero-order valence-corrected chi connectivity index (χ0v) is 11.7. The monoisotopic (exact) mass is 348 g/mol. The highest BCUT2D eigenvalue weighted by atomic mass is 79.9. The van der Waals surface area contributed by atoms with E-state index in [2.05, 4.69) is 25.6 Å². The normalized spacial score (nSPS) is 11.3. The molecule has 0 saturated heterocycles. The minimum Gasteiger partial charge on any atom is -0.277 e. The second kappa shape index (κ2) is 5.22. The third kappa shape index (κ3) is 2.90. The van der Waals surface area contributed by atoms with Crippen molar-refractivity contribution in [2.45, 2.75) is 4.90 Å². The molecule has 0 atom stereocenters. The van der Waals surface area contributed by atoms with E-state index in [1.165, 1.54) is 18.3 Å². The molecule has 0 amide bonds. The Bertz CT molecular complexity index is 702. The van der Waals surface area contributed by atoms with Gasteiger partial charge in [-0.15, -0.1) is 0 Å². The first-order chi connectivity index (χ1) is 8.92. The lowest BCUT2D eigenvalue weighted by Gasteiger charge is -2.10. The number of pyridine rings is 1. The molecule has 0 unspecified atom stereocenters. The summed E-state index contributed by atoms with van der Waals surface area (Å²) in [7, 11) is -4.37. The Labute approximate surface area is 116 Å². The van der Waals surface area contributed by atoms with Crippen LogP contribution in [-0.2, 0) is 10.0 Å². The lowest BCUT2D eigenvalue weighted by Crippen LogP contribution is -2.16. The van der Waals surface area contributed by atoms with Crippen LogP contribution >= 0.6 is 15.9 Å². The molecule has 0 fully saturated rings. The summed E-state index contributed by atoms with van der Waals surface area (Å²) < 4.78 is 53.1. The van der Waals surface area contributed by atoms with Gasteiger partial charge < -0.3 is 0 Å². The van der Waals surface area contributed by atoms with Crippen LogP contribution in [0.3, 0.4) is 0 Å². The number of anilines is 1. The Morgan fingerprint density at radius 1 is 1.11 bits per heavy atom. The minimum atomic E-state index is -4.37. The van der Waals surface area contributed by atoms with Crippen molar-refractivity contribution in [3.05, 3.63) is 52.8 Å². The molecule has 1 aromatic carbocycles. The molecule has 0 aliphatic heterocycles. The first kappa shape index (κ1) is 13.9. The van der Waals surface area contributed by atoms with Gasteiger partial charge in [-0.2, -0.15) is 0 Å². The topological polar surface area (TPSA) is 59.1 Å². The van der Waals surface area contributed by atoms with E-state index >= 15 is 0 Å². The lowest BCUT2D eigenvalue weighted by molar-refractivity contribution is 0.521. The van der Waals surface area contributed by atoms with E-state index in [1.54, 1.807) is 0 Å². The molecule has 100 valence electrons. The number of hydrogen-bond acceptors (Lipinski definition) is 3. The highest BCUT2D eigenvalue weighted by Crippen LogP contribution is 2.25. The standard InChI is InChI=1S/C11H7BrF2N2O2S/c12-11-9(5-2-6-15-11)16-19(17,18)10-7(13)3-1-4-8(10)14/h1-6,16H. The van der Waals surface area contributed by atoms with Gasteiger partial charge in [0.1, 0.15) is 16.2 Å². The van der Waals surface area contributed by atoms with E-state index in [1.807, 2.05) is 0 Å². The lowest BCUT2D eigenvalue weighted by atomic mass is 10.3. The summed E-state index contributed by atoms with van der Waals surface area (Å²) in [5.41, 5.74) is 0.0881. The zero-order valence-electron chi connectivity index (χ0n) is 9.27. The summed E-state index contributed by atoms with van der Waals surface area (Å²) in [6.45, 7) is 0. The fourth-order valence-corrected chi connectivity index (χ4v) is 3.08. The summed E-state index contributed by atoms with van der Waals surface area (Å²) in [6, 6.07) is 5.73. The Morgan fingerprint density at radius 3 is 2.32 bits per heavy atom. The number of nitrogens with one attached hydrogen (secondary N) is 1. The van der Waals surface area contributed by atoms with Crippen LogP contribution in [0.15, 0.2) is 46.0 Å². The van der Waals surface area contributed by atoms with Crippen molar-refractivity contribution in [1.82, 2.24) is 4.98 Å². The van der Waals surface area contributed by atoms with E-state index < -0.39 is 26.6 Å². The predicted molar refractivity (Wildman–Crippen MR) is 69.1 cm³/mol. The van der Waals surface area contributed by atoms with Gasteiger partial charge in [0.2, 0.25) is 0 Å². The van der Waals surface area contributed by atoms with Crippen LogP contribution in [0.25, 0.3) is 0 Å². The van der Waals surface area contributed by atoms with Crippen LogP contribution in [0, 0.1) is 11.6 Å². The number of aromatic nitrogens is 1. The number of hydrogen-bond donors (Lipinski definition) is 1. The van der Waals surface area contributed by atoms with Gasteiger partial charge in [0, 0.05) is 6.20 Å². The highest BCUT2D eigenvalue weighted by molar-refractivity contribution is 9.10. The van der Waals surface area contributed by atoms with Gasteiger partial charge in [-0.1, -0.05) is 6.07 Å². The Kier molecular flexibility index (Phi) is 3.81. The molecule has 0 radical (unpaired) electrons. The molecular formula is C11H7BrF2N2O2S. The third-order valence-corrected chi connectivity index (χ3v) is 4.24. The second-order valence-corrected chi connectivity index (χ2v) is 5.87. The molecule has 0 bridgehead atoms. The van der Waals surface area contributed by atoms with Crippen LogP contribution in [0.1, 0.15) is 0 Å². The largest absolute Gasteiger partial charge is 0.277 e. The molecule has 0 aliphatic carbocycles. The van der Waals surface area contributed by atoms with Gasteiger partial charge in [-0.3, -0.25) is 4.72 Å². The quantitative estimate of drug-likeness (QED) is 0.867. The van der Waals surface area contributed by atoms with Crippen molar-refractivity contribution >= 4 is 31.6 Å². The maximum Gasteiger partial charge on any atom is 0.267 e. The molecule has 1 N–H and O–H groups in total. The van der Waals surface area contributed by atoms with Crippen LogP contribution in [0.5, 0.6) is 0 Å². The molecule has 1 aromatic heterocycles. The number of halogens is 3. The molecule has 2 rings (SSSR count). The van der Waals surface area contributed by atoms with Crippen LogP contribution < -0.4 is 4.72 Å². The van der Waals surface area contributed by atoms with E-state index in [0.717, 1.165) is 18.2 Å². The predicted octanol–water partition coefficient (Wildman–Crippen LogP) is 2.92. The van der Waals surface area contributed by atoms with Gasteiger partial charge in [0.25, 0.3) is 10.0 Å². The Balaban J connectivity index is 2.47.